The first-order chi connectivity index (χ1) is 12.5. The summed E-state index contributed by atoms with van der Waals surface area (Å²) in [6.07, 6.45) is 2.10. The summed E-state index contributed by atoms with van der Waals surface area (Å²) in [4.78, 5) is 11.3. The topological polar surface area (TPSA) is 54.3 Å². The molecule has 134 valence electrons. The van der Waals surface area contributed by atoms with Gasteiger partial charge in [-0.3, -0.25) is 10.1 Å². The van der Waals surface area contributed by atoms with Gasteiger partial charge in [0.1, 0.15) is 5.25 Å². The Morgan fingerprint density at radius 2 is 2.04 bits per heavy atom. The first kappa shape index (κ1) is 17.7. The van der Waals surface area contributed by atoms with Crippen LogP contribution in [0, 0.1) is 0 Å². The van der Waals surface area contributed by atoms with E-state index in [2.05, 4.69) is 28.2 Å². The number of carboxylic acid groups (broad SMARTS) is 1. The van der Waals surface area contributed by atoms with E-state index in [4.69, 9.17) is 23.2 Å². The number of hydrogen-bond donors (Lipinski definition) is 2. The van der Waals surface area contributed by atoms with Gasteiger partial charge in [0.2, 0.25) is 0 Å². The van der Waals surface area contributed by atoms with Gasteiger partial charge in [-0.25, -0.2) is 0 Å². The predicted molar refractivity (Wildman–Crippen MR) is 107 cm³/mol. The van der Waals surface area contributed by atoms with Crippen molar-refractivity contribution in [1.82, 2.24) is 9.88 Å². The lowest BCUT2D eigenvalue weighted by atomic mass is 10.1. The molecule has 2 atom stereocenters. The van der Waals surface area contributed by atoms with E-state index < -0.39 is 11.2 Å². The summed E-state index contributed by atoms with van der Waals surface area (Å²) in [7, 11) is 0. The molecule has 0 amide bonds. The summed E-state index contributed by atoms with van der Waals surface area (Å²) in [6, 6.07) is 13.8. The molecule has 0 unspecified atom stereocenters. The molecule has 3 aromatic rings. The van der Waals surface area contributed by atoms with Crippen LogP contribution >= 0.6 is 35.0 Å². The molecule has 26 heavy (non-hydrogen) atoms. The summed E-state index contributed by atoms with van der Waals surface area (Å²) in [5, 5.41) is 14.3. The smallest absolute Gasteiger partial charge is 0.318 e. The molecule has 4 rings (SSSR count). The molecular formula is C19H16Cl2N2O2S. The van der Waals surface area contributed by atoms with Crippen molar-refractivity contribution >= 4 is 51.8 Å². The van der Waals surface area contributed by atoms with Gasteiger partial charge < -0.3 is 9.67 Å². The Morgan fingerprint density at radius 1 is 1.23 bits per heavy atom. The molecule has 1 aliphatic rings. The average molecular weight is 407 g/mol. The Kier molecular flexibility index (Phi) is 4.88. The zero-order valence-electron chi connectivity index (χ0n) is 13.7. The van der Waals surface area contributed by atoms with Crippen molar-refractivity contribution in [3.05, 3.63) is 69.8 Å². The molecule has 0 spiro atoms. The zero-order chi connectivity index (χ0) is 18.3. The van der Waals surface area contributed by atoms with Gasteiger partial charge in [0.15, 0.2) is 0 Å². The standard InChI is InChI=1S/C19H16Cl2N2O2S/c20-14-6-5-11(7-15(14)21)9-23-10-13(12-3-1-2-4-16(12)23)18-22-8-17(26-18)19(24)25/h1-7,10,17-18,22H,8-9H2,(H,24,25)/t17-,18-/m1/s1. The molecule has 1 saturated heterocycles. The van der Waals surface area contributed by atoms with Crippen molar-refractivity contribution < 1.29 is 9.90 Å². The third kappa shape index (κ3) is 3.32. The third-order valence-electron chi connectivity index (χ3n) is 4.50. The molecule has 1 fully saturated rings. The summed E-state index contributed by atoms with van der Waals surface area (Å²) >= 11 is 13.6. The van der Waals surface area contributed by atoms with E-state index in [1.807, 2.05) is 24.3 Å². The second-order valence-electron chi connectivity index (χ2n) is 6.23. The third-order valence-corrected chi connectivity index (χ3v) is 6.63. The first-order valence-electron chi connectivity index (χ1n) is 8.16. The minimum Gasteiger partial charge on any atom is -0.480 e. The maximum absolute atomic E-state index is 11.3. The maximum atomic E-state index is 11.3. The second kappa shape index (κ2) is 7.16. The lowest BCUT2D eigenvalue weighted by Crippen LogP contribution is -2.21. The number of para-hydroxylation sites is 1. The molecule has 2 heterocycles. The normalized spacial score (nSPS) is 19.9. The van der Waals surface area contributed by atoms with Gasteiger partial charge in [0.05, 0.1) is 15.4 Å². The van der Waals surface area contributed by atoms with Crippen LogP contribution in [0.1, 0.15) is 16.5 Å². The van der Waals surface area contributed by atoms with E-state index in [-0.39, 0.29) is 5.37 Å². The lowest BCUT2D eigenvalue weighted by molar-refractivity contribution is -0.136. The Balaban J connectivity index is 1.70. The highest BCUT2D eigenvalue weighted by Crippen LogP contribution is 2.39. The predicted octanol–water partition coefficient (Wildman–Crippen LogP) is 4.78. The van der Waals surface area contributed by atoms with Crippen LogP contribution in [0.25, 0.3) is 10.9 Å². The molecule has 2 aromatic carbocycles. The Morgan fingerprint density at radius 3 is 2.77 bits per heavy atom. The van der Waals surface area contributed by atoms with Crippen molar-refractivity contribution in [2.75, 3.05) is 6.54 Å². The fraction of sp³-hybridized carbons (Fsp3) is 0.211. The van der Waals surface area contributed by atoms with Crippen molar-refractivity contribution in [3.8, 4) is 0 Å². The monoisotopic (exact) mass is 406 g/mol. The van der Waals surface area contributed by atoms with E-state index in [1.165, 1.54) is 11.8 Å². The van der Waals surface area contributed by atoms with Gasteiger partial charge >= 0.3 is 5.97 Å². The molecular weight excluding hydrogens is 391 g/mol. The Bertz CT molecular complexity index is 989. The van der Waals surface area contributed by atoms with Crippen LogP contribution in [-0.2, 0) is 11.3 Å². The van der Waals surface area contributed by atoms with Gasteiger partial charge in [0, 0.05) is 35.8 Å². The molecule has 0 bridgehead atoms. The van der Waals surface area contributed by atoms with Crippen LogP contribution in [0.2, 0.25) is 10.0 Å². The number of carboxylic acids is 1. The molecule has 1 aliphatic heterocycles. The van der Waals surface area contributed by atoms with E-state index in [9.17, 15) is 9.90 Å². The summed E-state index contributed by atoms with van der Waals surface area (Å²) in [6.45, 7) is 1.13. The van der Waals surface area contributed by atoms with Gasteiger partial charge in [-0.2, -0.15) is 0 Å². The number of aliphatic carboxylic acids is 1. The van der Waals surface area contributed by atoms with E-state index in [1.54, 1.807) is 6.07 Å². The number of nitrogens with zero attached hydrogens (tertiary/aromatic N) is 1. The van der Waals surface area contributed by atoms with Gasteiger partial charge in [-0.05, 0) is 23.8 Å². The minimum absolute atomic E-state index is 0.0314. The number of nitrogens with one attached hydrogen (secondary N) is 1. The summed E-state index contributed by atoms with van der Waals surface area (Å²) < 4.78 is 2.17. The number of carbonyl (C=O) groups is 1. The molecule has 0 radical (unpaired) electrons. The molecule has 4 nitrogen and oxygen atoms in total. The average Bonchev–Trinajstić information content (AvgIpc) is 3.24. The largest absolute Gasteiger partial charge is 0.480 e. The number of fused-ring (bicyclic) bond motifs is 1. The minimum atomic E-state index is -0.774. The van der Waals surface area contributed by atoms with Crippen LogP contribution in [0.3, 0.4) is 0 Å². The Labute approximate surface area is 165 Å². The number of benzene rings is 2. The number of aromatic nitrogens is 1. The van der Waals surface area contributed by atoms with Crippen molar-refractivity contribution in [1.29, 1.82) is 0 Å². The van der Waals surface area contributed by atoms with Gasteiger partial charge in [-0.15, -0.1) is 11.8 Å². The number of halogens is 2. The van der Waals surface area contributed by atoms with E-state index >= 15 is 0 Å². The first-order valence-corrected chi connectivity index (χ1v) is 9.86. The maximum Gasteiger partial charge on any atom is 0.318 e. The lowest BCUT2D eigenvalue weighted by Gasteiger charge is -2.08. The second-order valence-corrected chi connectivity index (χ2v) is 8.36. The van der Waals surface area contributed by atoms with Gasteiger partial charge in [0.25, 0.3) is 0 Å². The van der Waals surface area contributed by atoms with Crippen LogP contribution < -0.4 is 5.32 Å². The summed E-state index contributed by atoms with van der Waals surface area (Å²) in [5.74, 6) is -0.774. The SMILES string of the molecule is O=C(O)[C@H]1CN[C@@H](c2cn(Cc3ccc(Cl)c(Cl)c3)c3ccccc23)S1. The number of thioether (sulfide) groups is 1. The fourth-order valence-electron chi connectivity index (χ4n) is 3.25. The zero-order valence-corrected chi connectivity index (χ0v) is 16.0. The van der Waals surface area contributed by atoms with Crippen LogP contribution in [0.15, 0.2) is 48.7 Å². The van der Waals surface area contributed by atoms with Crippen LogP contribution in [0.5, 0.6) is 0 Å². The fourth-order valence-corrected chi connectivity index (χ4v) is 4.74. The van der Waals surface area contributed by atoms with E-state index in [0.29, 0.717) is 23.1 Å². The molecule has 0 saturated carbocycles. The highest BCUT2D eigenvalue weighted by atomic mass is 35.5. The highest BCUT2D eigenvalue weighted by molar-refractivity contribution is 8.01. The number of hydrogen-bond acceptors (Lipinski definition) is 3. The van der Waals surface area contributed by atoms with Crippen molar-refractivity contribution in [2.24, 2.45) is 0 Å². The highest BCUT2D eigenvalue weighted by Gasteiger charge is 2.32. The van der Waals surface area contributed by atoms with Crippen LogP contribution in [-0.4, -0.2) is 27.4 Å². The van der Waals surface area contributed by atoms with Gasteiger partial charge in [-0.1, -0.05) is 47.5 Å². The van der Waals surface area contributed by atoms with Crippen molar-refractivity contribution in [3.63, 3.8) is 0 Å². The van der Waals surface area contributed by atoms with E-state index in [0.717, 1.165) is 22.0 Å². The summed E-state index contributed by atoms with van der Waals surface area (Å²) in [5.41, 5.74) is 3.27. The quantitative estimate of drug-likeness (QED) is 0.654. The van der Waals surface area contributed by atoms with Crippen molar-refractivity contribution in [2.45, 2.75) is 17.2 Å². The molecule has 7 heteroatoms. The number of rotatable bonds is 4. The van der Waals surface area contributed by atoms with Crippen LogP contribution in [0.4, 0.5) is 0 Å². The molecule has 1 aromatic heterocycles. The Hall–Kier alpha value is -1.66. The molecule has 2 N–H and O–H groups in total. The molecule has 0 aliphatic carbocycles.